The molecule has 4 amide bonds. The fourth-order valence-electron chi connectivity index (χ4n) is 4.24. The lowest BCUT2D eigenvalue weighted by molar-refractivity contribution is -0.139. The average molecular weight is 406 g/mol. The molecule has 1 aromatic carbocycles. The van der Waals surface area contributed by atoms with Crippen LogP contribution in [0, 0.1) is 0 Å². The fraction of sp³-hybridized carbons (Fsp3) is 0.500. The van der Waals surface area contributed by atoms with Gasteiger partial charge >= 0.3 is 6.03 Å². The molecule has 4 rings (SSSR count). The van der Waals surface area contributed by atoms with E-state index in [4.69, 9.17) is 0 Å². The third-order valence-corrected chi connectivity index (χ3v) is 7.08. The van der Waals surface area contributed by atoms with Crippen molar-refractivity contribution in [3.05, 3.63) is 35.4 Å². The predicted octanol–water partition coefficient (Wildman–Crippen LogP) is -0.516. The van der Waals surface area contributed by atoms with Gasteiger partial charge in [-0.15, -0.1) is 0 Å². The molecule has 2 aliphatic heterocycles. The third kappa shape index (κ3) is 2.96. The van der Waals surface area contributed by atoms with E-state index in [1.807, 2.05) is 24.3 Å². The summed E-state index contributed by atoms with van der Waals surface area (Å²) in [6.45, 7) is 0.560. The van der Waals surface area contributed by atoms with Gasteiger partial charge in [-0.25, -0.2) is 13.2 Å². The molecule has 1 unspecified atom stereocenters. The van der Waals surface area contributed by atoms with E-state index in [9.17, 15) is 22.8 Å². The van der Waals surface area contributed by atoms with Crippen molar-refractivity contribution in [2.75, 3.05) is 39.0 Å². The highest BCUT2D eigenvalue weighted by molar-refractivity contribution is 7.88. The quantitative estimate of drug-likeness (QED) is 0.680. The zero-order valence-corrected chi connectivity index (χ0v) is 16.4. The number of imide groups is 1. The number of aryl methyl sites for hydroxylation is 1. The van der Waals surface area contributed by atoms with Gasteiger partial charge in [-0.1, -0.05) is 24.3 Å². The van der Waals surface area contributed by atoms with Gasteiger partial charge in [0.1, 0.15) is 12.1 Å². The number of hydrogen-bond acceptors (Lipinski definition) is 5. The lowest BCUT2D eigenvalue weighted by atomic mass is 9.92. The van der Waals surface area contributed by atoms with Crippen LogP contribution in [-0.2, 0) is 31.6 Å². The van der Waals surface area contributed by atoms with Crippen LogP contribution in [-0.4, -0.2) is 79.3 Å². The van der Waals surface area contributed by atoms with Crippen molar-refractivity contribution in [1.82, 2.24) is 19.4 Å². The number of carbonyl (C=O) groups excluding carboxylic acids is 3. The van der Waals surface area contributed by atoms with Crippen LogP contribution in [0.25, 0.3) is 0 Å². The SMILES string of the molecule is CS(=O)(=O)N1CCN(C(=O)CN2C(=O)NC3(CCc4ccccc43)C2=O)CC1. The van der Waals surface area contributed by atoms with E-state index < -0.39 is 27.5 Å². The molecule has 10 heteroatoms. The summed E-state index contributed by atoms with van der Waals surface area (Å²) in [4.78, 5) is 40.7. The number of carbonyl (C=O) groups is 3. The normalized spacial score (nSPS) is 25.3. The predicted molar refractivity (Wildman–Crippen MR) is 99.7 cm³/mol. The van der Waals surface area contributed by atoms with Gasteiger partial charge in [0.05, 0.1) is 6.26 Å². The first-order valence-corrected chi connectivity index (χ1v) is 11.0. The molecule has 0 bridgehead atoms. The smallest absolute Gasteiger partial charge is 0.325 e. The number of fused-ring (bicyclic) bond motifs is 2. The van der Waals surface area contributed by atoms with Gasteiger partial charge < -0.3 is 10.2 Å². The maximum Gasteiger partial charge on any atom is 0.325 e. The lowest BCUT2D eigenvalue weighted by Crippen LogP contribution is -2.53. The number of urea groups is 1. The van der Waals surface area contributed by atoms with E-state index in [0.717, 1.165) is 22.3 Å². The van der Waals surface area contributed by atoms with E-state index in [0.29, 0.717) is 12.8 Å². The molecule has 1 spiro atoms. The molecule has 1 N–H and O–H groups in total. The van der Waals surface area contributed by atoms with Crippen LogP contribution >= 0.6 is 0 Å². The highest BCUT2D eigenvalue weighted by Crippen LogP contribution is 2.41. The Morgan fingerprint density at radius 1 is 1.14 bits per heavy atom. The van der Waals surface area contributed by atoms with Crippen LogP contribution in [0.4, 0.5) is 4.79 Å². The van der Waals surface area contributed by atoms with Crippen molar-refractivity contribution in [2.45, 2.75) is 18.4 Å². The molecule has 0 saturated carbocycles. The molecule has 2 fully saturated rings. The van der Waals surface area contributed by atoms with Crippen molar-refractivity contribution in [3.63, 3.8) is 0 Å². The van der Waals surface area contributed by atoms with E-state index in [1.165, 1.54) is 9.21 Å². The Balaban J connectivity index is 1.46. The van der Waals surface area contributed by atoms with Crippen molar-refractivity contribution in [1.29, 1.82) is 0 Å². The first-order valence-electron chi connectivity index (χ1n) is 9.18. The van der Waals surface area contributed by atoms with Crippen LogP contribution in [0.3, 0.4) is 0 Å². The van der Waals surface area contributed by atoms with Crippen molar-refractivity contribution in [2.24, 2.45) is 0 Å². The second-order valence-electron chi connectivity index (χ2n) is 7.43. The zero-order chi connectivity index (χ0) is 20.1. The Hall–Kier alpha value is -2.46. The number of sulfonamides is 1. The minimum Gasteiger partial charge on any atom is -0.338 e. The molecule has 0 radical (unpaired) electrons. The van der Waals surface area contributed by atoms with E-state index >= 15 is 0 Å². The Labute approximate surface area is 163 Å². The highest BCUT2D eigenvalue weighted by Gasteiger charge is 2.55. The highest BCUT2D eigenvalue weighted by atomic mass is 32.2. The van der Waals surface area contributed by atoms with Gasteiger partial charge in [-0.05, 0) is 24.0 Å². The second-order valence-corrected chi connectivity index (χ2v) is 9.41. The molecule has 1 atom stereocenters. The van der Waals surface area contributed by atoms with Crippen molar-refractivity contribution in [3.8, 4) is 0 Å². The maximum atomic E-state index is 13.1. The van der Waals surface area contributed by atoms with Crippen molar-refractivity contribution >= 4 is 27.9 Å². The number of rotatable bonds is 3. The van der Waals surface area contributed by atoms with Gasteiger partial charge in [0.25, 0.3) is 5.91 Å². The molecular weight excluding hydrogens is 384 g/mol. The van der Waals surface area contributed by atoms with Crippen LogP contribution in [0.2, 0.25) is 0 Å². The summed E-state index contributed by atoms with van der Waals surface area (Å²) in [6, 6.07) is 6.95. The molecule has 28 heavy (non-hydrogen) atoms. The Kier molecular flexibility index (Phi) is 4.42. The average Bonchev–Trinajstić information content (AvgIpc) is 3.15. The third-order valence-electron chi connectivity index (χ3n) is 5.78. The summed E-state index contributed by atoms with van der Waals surface area (Å²) >= 11 is 0. The van der Waals surface area contributed by atoms with E-state index in [1.54, 1.807) is 0 Å². The van der Waals surface area contributed by atoms with Crippen LogP contribution in [0.5, 0.6) is 0 Å². The standard InChI is InChI=1S/C18H22N4O5S/c1-28(26,27)21-10-8-20(9-11-21)15(23)12-22-16(24)18(19-17(22)25)7-6-13-4-2-3-5-14(13)18/h2-5H,6-12H2,1H3,(H,19,25). The summed E-state index contributed by atoms with van der Waals surface area (Å²) in [6.07, 6.45) is 2.31. The zero-order valence-electron chi connectivity index (χ0n) is 15.6. The largest absolute Gasteiger partial charge is 0.338 e. The van der Waals surface area contributed by atoms with Crippen LogP contribution < -0.4 is 5.32 Å². The van der Waals surface area contributed by atoms with E-state index in [2.05, 4.69) is 5.32 Å². The van der Waals surface area contributed by atoms with Crippen LogP contribution in [0.15, 0.2) is 24.3 Å². The van der Waals surface area contributed by atoms with Gasteiger partial charge in [-0.3, -0.25) is 14.5 Å². The van der Waals surface area contributed by atoms with Gasteiger partial charge in [0.2, 0.25) is 15.9 Å². The number of piperazine rings is 1. The minimum absolute atomic E-state index is 0.210. The summed E-state index contributed by atoms with van der Waals surface area (Å²) in [5.41, 5.74) is 0.745. The number of nitrogens with one attached hydrogen (secondary N) is 1. The summed E-state index contributed by atoms with van der Waals surface area (Å²) in [7, 11) is -3.29. The molecule has 9 nitrogen and oxygen atoms in total. The number of nitrogens with zero attached hydrogens (tertiary/aromatic N) is 3. The fourth-order valence-corrected chi connectivity index (χ4v) is 5.06. The first kappa shape index (κ1) is 18.9. The summed E-state index contributed by atoms with van der Waals surface area (Å²) in [5.74, 6) is -0.759. The molecule has 2 heterocycles. The molecule has 1 aliphatic carbocycles. The molecule has 2 saturated heterocycles. The monoisotopic (exact) mass is 406 g/mol. The topological polar surface area (TPSA) is 107 Å². The number of benzene rings is 1. The Morgan fingerprint density at radius 3 is 2.50 bits per heavy atom. The van der Waals surface area contributed by atoms with Gasteiger partial charge in [0.15, 0.2) is 0 Å². The number of amides is 4. The van der Waals surface area contributed by atoms with Gasteiger partial charge in [-0.2, -0.15) is 4.31 Å². The van der Waals surface area contributed by atoms with Gasteiger partial charge in [0, 0.05) is 26.2 Å². The summed E-state index contributed by atoms with van der Waals surface area (Å²) < 4.78 is 24.5. The van der Waals surface area contributed by atoms with Crippen molar-refractivity contribution < 1.29 is 22.8 Å². The molecular formula is C18H22N4O5S. The lowest BCUT2D eigenvalue weighted by Gasteiger charge is -2.33. The summed E-state index contributed by atoms with van der Waals surface area (Å²) in [5, 5.41) is 2.80. The maximum absolute atomic E-state index is 13.1. The minimum atomic E-state index is -3.29. The second kappa shape index (κ2) is 6.56. The molecule has 0 aromatic heterocycles. The Bertz CT molecular complexity index is 954. The molecule has 3 aliphatic rings. The Morgan fingerprint density at radius 2 is 1.82 bits per heavy atom. The van der Waals surface area contributed by atoms with E-state index in [-0.39, 0.29) is 38.6 Å². The molecule has 150 valence electrons. The van der Waals surface area contributed by atoms with Crippen LogP contribution in [0.1, 0.15) is 17.5 Å². The number of hydrogen-bond donors (Lipinski definition) is 1. The molecule has 1 aromatic rings. The first-order chi connectivity index (χ1) is 13.2.